The fourth-order valence-electron chi connectivity index (χ4n) is 2.15. The van der Waals surface area contributed by atoms with Gasteiger partial charge in [0.1, 0.15) is 25.1 Å². The zero-order valence-electron chi connectivity index (χ0n) is 15.2. The number of nitrogens with one attached hydrogen (secondary N) is 1. The van der Waals surface area contributed by atoms with Gasteiger partial charge in [0.05, 0.1) is 24.4 Å². The largest absolute Gasteiger partial charge is 0.491 e. The predicted octanol–water partition coefficient (Wildman–Crippen LogP) is 2.21. The number of carbonyl (C=O) groups is 1. The second kappa shape index (κ2) is 10.3. The number of nitriles is 1. The molecule has 0 fully saturated rings. The second-order valence-corrected chi connectivity index (χ2v) is 7.41. The van der Waals surface area contributed by atoms with Gasteiger partial charge >= 0.3 is 6.09 Å². The molecule has 8 nitrogen and oxygen atoms in total. The summed E-state index contributed by atoms with van der Waals surface area (Å²) < 4.78 is 38.4. The van der Waals surface area contributed by atoms with Gasteiger partial charge in [-0.2, -0.15) is 13.7 Å². The fraction of sp³-hybridized carbons (Fsp3) is 0.263. The number of rotatable bonds is 9. The SMILES string of the molecule is CS(=O)(=O)O[C@H](CNC(=O)OCc1ccccc1)COc1ccc(C#N)cc1. The maximum absolute atomic E-state index is 11.8. The van der Waals surface area contributed by atoms with Crippen molar-refractivity contribution >= 4 is 16.2 Å². The first-order valence-corrected chi connectivity index (χ1v) is 10.1. The quantitative estimate of drug-likeness (QED) is 0.637. The predicted molar refractivity (Wildman–Crippen MR) is 101 cm³/mol. The van der Waals surface area contributed by atoms with E-state index in [4.69, 9.17) is 18.9 Å². The Morgan fingerprint density at radius 2 is 1.82 bits per heavy atom. The van der Waals surface area contributed by atoms with Crippen LogP contribution in [0.1, 0.15) is 11.1 Å². The minimum atomic E-state index is -3.76. The van der Waals surface area contributed by atoms with Gasteiger partial charge in [0.15, 0.2) is 0 Å². The number of alkyl carbamates (subject to hydrolysis) is 1. The van der Waals surface area contributed by atoms with Crippen LogP contribution >= 0.6 is 0 Å². The summed E-state index contributed by atoms with van der Waals surface area (Å²) in [4.78, 5) is 11.8. The van der Waals surface area contributed by atoms with Crippen LogP contribution < -0.4 is 10.1 Å². The third-order valence-electron chi connectivity index (χ3n) is 3.42. The van der Waals surface area contributed by atoms with Crippen molar-refractivity contribution < 1.29 is 26.9 Å². The van der Waals surface area contributed by atoms with Crippen LogP contribution in [0.15, 0.2) is 54.6 Å². The molecule has 0 bridgehead atoms. The van der Waals surface area contributed by atoms with E-state index in [1.807, 2.05) is 36.4 Å². The number of hydrogen-bond acceptors (Lipinski definition) is 7. The zero-order valence-corrected chi connectivity index (χ0v) is 16.0. The van der Waals surface area contributed by atoms with Crippen molar-refractivity contribution in [2.75, 3.05) is 19.4 Å². The Morgan fingerprint density at radius 3 is 2.43 bits per heavy atom. The van der Waals surface area contributed by atoms with Crippen LogP contribution in [0.4, 0.5) is 4.79 Å². The van der Waals surface area contributed by atoms with Gasteiger partial charge in [-0.15, -0.1) is 0 Å². The molecule has 0 aromatic heterocycles. The van der Waals surface area contributed by atoms with Crippen molar-refractivity contribution in [2.45, 2.75) is 12.7 Å². The van der Waals surface area contributed by atoms with E-state index in [1.165, 1.54) is 0 Å². The molecule has 2 rings (SSSR count). The molecule has 148 valence electrons. The van der Waals surface area contributed by atoms with Crippen molar-refractivity contribution in [3.63, 3.8) is 0 Å². The molecule has 9 heteroatoms. The first-order chi connectivity index (χ1) is 13.4. The molecule has 0 aliphatic carbocycles. The van der Waals surface area contributed by atoms with Crippen LogP contribution in [0.2, 0.25) is 0 Å². The minimum absolute atomic E-state index is 0.0893. The highest BCUT2D eigenvalue weighted by Gasteiger charge is 2.18. The topological polar surface area (TPSA) is 115 Å². The number of nitrogens with zero attached hydrogens (tertiary/aromatic N) is 1. The monoisotopic (exact) mass is 404 g/mol. The highest BCUT2D eigenvalue weighted by molar-refractivity contribution is 7.86. The minimum Gasteiger partial charge on any atom is -0.491 e. The number of carbonyl (C=O) groups excluding carboxylic acids is 1. The molecule has 0 radical (unpaired) electrons. The number of amides is 1. The van der Waals surface area contributed by atoms with E-state index in [0.29, 0.717) is 11.3 Å². The van der Waals surface area contributed by atoms with Crippen molar-refractivity contribution in [1.29, 1.82) is 5.26 Å². The Morgan fingerprint density at radius 1 is 1.14 bits per heavy atom. The molecule has 0 aliphatic rings. The van der Waals surface area contributed by atoms with Crippen molar-refractivity contribution in [3.8, 4) is 11.8 Å². The second-order valence-electron chi connectivity index (χ2n) is 5.81. The molecule has 1 amide bonds. The van der Waals surface area contributed by atoms with Crippen molar-refractivity contribution in [2.24, 2.45) is 0 Å². The Hall–Kier alpha value is -3.09. The van der Waals surface area contributed by atoms with Crippen molar-refractivity contribution in [3.05, 3.63) is 65.7 Å². The maximum atomic E-state index is 11.8. The highest BCUT2D eigenvalue weighted by atomic mass is 32.2. The third-order valence-corrected chi connectivity index (χ3v) is 4.04. The summed E-state index contributed by atoms with van der Waals surface area (Å²) in [5.41, 5.74) is 1.30. The summed E-state index contributed by atoms with van der Waals surface area (Å²) >= 11 is 0. The molecule has 1 N–H and O–H groups in total. The number of hydrogen-bond donors (Lipinski definition) is 1. The van der Waals surface area contributed by atoms with Crippen LogP contribution in [-0.2, 0) is 25.6 Å². The summed E-state index contributed by atoms with van der Waals surface area (Å²) in [7, 11) is -3.76. The molecule has 0 unspecified atom stereocenters. The summed E-state index contributed by atoms with van der Waals surface area (Å²) in [6.45, 7) is -0.166. The van der Waals surface area contributed by atoms with E-state index in [1.54, 1.807) is 24.3 Å². The molecule has 0 aliphatic heterocycles. The molecular formula is C19H20N2O6S. The van der Waals surface area contributed by atoms with Gasteiger partial charge in [0.2, 0.25) is 0 Å². The van der Waals surface area contributed by atoms with E-state index in [-0.39, 0.29) is 19.8 Å². The Labute approximate surface area is 163 Å². The Balaban J connectivity index is 1.85. The molecule has 0 spiro atoms. The zero-order chi connectivity index (χ0) is 20.4. The van der Waals surface area contributed by atoms with E-state index >= 15 is 0 Å². The van der Waals surface area contributed by atoms with E-state index in [2.05, 4.69) is 5.32 Å². The van der Waals surface area contributed by atoms with Gasteiger partial charge in [0.25, 0.3) is 10.1 Å². The lowest BCUT2D eigenvalue weighted by Crippen LogP contribution is -2.38. The van der Waals surface area contributed by atoms with Gasteiger partial charge in [-0.3, -0.25) is 4.18 Å². The van der Waals surface area contributed by atoms with Crippen LogP contribution in [-0.4, -0.2) is 40.0 Å². The molecule has 0 heterocycles. The lowest BCUT2D eigenvalue weighted by atomic mass is 10.2. The van der Waals surface area contributed by atoms with E-state index in [0.717, 1.165) is 11.8 Å². The first kappa shape index (κ1) is 21.2. The standard InChI is InChI=1S/C19H20N2O6S/c1-28(23,24)27-18(14-25-17-9-7-15(11-20)8-10-17)12-21-19(22)26-13-16-5-3-2-4-6-16/h2-10,18H,12-14H2,1H3,(H,21,22)/t18-/m1/s1. The van der Waals surface area contributed by atoms with Crippen LogP contribution in [0.25, 0.3) is 0 Å². The fourth-order valence-corrected chi connectivity index (χ4v) is 2.77. The van der Waals surface area contributed by atoms with Crippen LogP contribution in [0.3, 0.4) is 0 Å². The van der Waals surface area contributed by atoms with Crippen LogP contribution in [0, 0.1) is 11.3 Å². The summed E-state index contributed by atoms with van der Waals surface area (Å²) in [5.74, 6) is 0.438. The molecule has 0 saturated heterocycles. The normalized spacial score (nSPS) is 11.9. The average molecular weight is 404 g/mol. The molecular weight excluding hydrogens is 384 g/mol. The molecule has 0 saturated carbocycles. The lowest BCUT2D eigenvalue weighted by Gasteiger charge is -2.17. The smallest absolute Gasteiger partial charge is 0.407 e. The summed E-state index contributed by atoms with van der Waals surface area (Å²) in [6, 6.07) is 17.4. The Bertz CT molecular complexity index is 908. The third kappa shape index (κ3) is 8.07. The number of benzene rings is 2. The molecule has 2 aromatic rings. The summed E-state index contributed by atoms with van der Waals surface area (Å²) in [5, 5.41) is 11.2. The molecule has 1 atom stereocenters. The number of ether oxygens (including phenoxy) is 2. The first-order valence-electron chi connectivity index (χ1n) is 8.31. The average Bonchev–Trinajstić information content (AvgIpc) is 2.68. The van der Waals surface area contributed by atoms with E-state index in [9.17, 15) is 13.2 Å². The summed E-state index contributed by atoms with van der Waals surface area (Å²) in [6.07, 6.45) is -0.741. The highest BCUT2D eigenvalue weighted by Crippen LogP contribution is 2.12. The van der Waals surface area contributed by atoms with E-state index < -0.39 is 22.3 Å². The van der Waals surface area contributed by atoms with Gasteiger partial charge in [0, 0.05) is 0 Å². The maximum Gasteiger partial charge on any atom is 0.407 e. The van der Waals surface area contributed by atoms with Gasteiger partial charge in [-0.25, -0.2) is 4.79 Å². The van der Waals surface area contributed by atoms with Crippen LogP contribution in [0.5, 0.6) is 5.75 Å². The van der Waals surface area contributed by atoms with Gasteiger partial charge in [-0.05, 0) is 29.8 Å². The molecule has 28 heavy (non-hydrogen) atoms. The van der Waals surface area contributed by atoms with Gasteiger partial charge < -0.3 is 14.8 Å². The Kier molecular flexibility index (Phi) is 7.80. The van der Waals surface area contributed by atoms with Gasteiger partial charge in [-0.1, -0.05) is 30.3 Å². The van der Waals surface area contributed by atoms with Crippen molar-refractivity contribution in [1.82, 2.24) is 5.32 Å². The molecule has 2 aromatic carbocycles. The lowest BCUT2D eigenvalue weighted by molar-refractivity contribution is 0.114.